The van der Waals surface area contributed by atoms with Gasteiger partial charge < -0.3 is 10.1 Å². The number of hydrogen-bond donors (Lipinski definition) is 1. The number of methoxy groups -OCH3 is 1. The van der Waals surface area contributed by atoms with Crippen LogP contribution in [0.25, 0.3) is 0 Å². The van der Waals surface area contributed by atoms with Crippen LogP contribution < -0.4 is 5.32 Å². The number of nitrogens with one attached hydrogen (secondary N) is 1. The summed E-state index contributed by atoms with van der Waals surface area (Å²) in [5, 5.41) is 3.29. The lowest BCUT2D eigenvalue weighted by Crippen LogP contribution is -2.51. The fraction of sp³-hybridized carbons (Fsp3) is 0.909. The van der Waals surface area contributed by atoms with E-state index in [1.165, 1.54) is 7.11 Å². The van der Waals surface area contributed by atoms with E-state index in [4.69, 9.17) is 4.74 Å². The van der Waals surface area contributed by atoms with Crippen LogP contribution in [0.4, 0.5) is 0 Å². The van der Waals surface area contributed by atoms with Crippen molar-refractivity contribution >= 4 is 5.97 Å². The van der Waals surface area contributed by atoms with Gasteiger partial charge in [0.2, 0.25) is 0 Å². The molecule has 0 saturated carbocycles. The first-order valence-electron chi connectivity index (χ1n) is 5.82. The van der Waals surface area contributed by atoms with Crippen LogP contribution in [-0.2, 0) is 9.53 Å². The molecule has 0 aromatic carbocycles. The first kappa shape index (κ1) is 12.5. The summed E-state index contributed by atoms with van der Waals surface area (Å²) >= 11 is 0. The van der Waals surface area contributed by atoms with E-state index in [9.17, 15) is 4.79 Å². The minimum atomic E-state index is -0.0784. The van der Waals surface area contributed by atoms with Crippen molar-refractivity contribution in [1.29, 1.82) is 0 Å². The van der Waals surface area contributed by atoms with Crippen LogP contribution >= 0.6 is 0 Å². The third-order valence-corrected chi connectivity index (χ3v) is 2.90. The van der Waals surface area contributed by atoms with Crippen molar-refractivity contribution in [2.75, 3.05) is 33.3 Å². The summed E-state index contributed by atoms with van der Waals surface area (Å²) in [7, 11) is 1.48. The maximum atomic E-state index is 11.6. The van der Waals surface area contributed by atoms with Gasteiger partial charge in [-0.25, -0.2) is 0 Å². The Labute approximate surface area is 92.0 Å². The summed E-state index contributed by atoms with van der Waals surface area (Å²) < 4.78 is 4.86. The lowest BCUT2D eigenvalue weighted by atomic mass is 10.1. The molecule has 0 radical (unpaired) electrons. The van der Waals surface area contributed by atoms with Crippen molar-refractivity contribution in [1.82, 2.24) is 10.2 Å². The van der Waals surface area contributed by atoms with Crippen molar-refractivity contribution in [3.05, 3.63) is 0 Å². The third kappa shape index (κ3) is 3.80. The zero-order valence-corrected chi connectivity index (χ0v) is 9.79. The van der Waals surface area contributed by atoms with Gasteiger partial charge in [0, 0.05) is 26.2 Å². The maximum absolute atomic E-state index is 11.6. The molecule has 0 amide bonds. The van der Waals surface area contributed by atoms with Crippen LogP contribution in [0.2, 0.25) is 0 Å². The van der Waals surface area contributed by atoms with Gasteiger partial charge in [0.05, 0.1) is 7.11 Å². The standard InChI is InChI=1S/C11H22N2O2/c1-3-4-5-10(11(14)15-2)13-8-6-12-7-9-13/h10,12H,3-9H2,1-2H3. The number of esters is 1. The number of carbonyl (C=O) groups excluding carboxylic acids is 1. The molecule has 0 spiro atoms. The van der Waals surface area contributed by atoms with Crippen molar-refractivity contribution in [3.63, 3.8) is 0 Å². The Hall–Kier alpha value is -0.610. The SMILES string of the molecule is CCCCC(C(=O)OC)N1CCNCC1. The molecule has 15 heavy (non-hydrogen) atoms. The second-order valence-corrected chi connectivity index (χ2v) is 3.97. The molecule has 1 rings (SSSR count). The summed E-state index contributed by atoms with van der Waals surface area (Å²) in [5.74, 6) is -0.0784. The molecule has 0 aromatic heterocycles. The van der Waals surface area contributed by atoms with Crippen molar-refractivity contribution < 1.29 is 9.53 Å². The molecule has 1 unspecified atom stereocenters. The van der Waals surface area contributed by atoms with Crippen LogP contribution in [0.5, 0.6) is 0 Å². The molecule has 4 nitrogen and oxygen atoms in total. The molecule has 1 fully saturated rings. The summed E-state index contributed by atoms with van der Waals surface area (Å²) in [6.45, 7) is 5.98. The fourth-order valence-corrected chi connectivity index (χ4v) is 1.98. The summed E-state index contributed by atoms with van der Waals surface area (Å²) in [5.41, 5.74) is 0. The average Bonchev–Trinajstić information content (AvgIpc) is 2.30. The highest BCUT2D eigenvalue weighted by molar-refractivity contribution is 5.75. The average molecular weight is 214 g/mol. The Morgan fingerprint density at radius 2 is 2.13 bits per heavy atom. The molecule has 1 aliphatic heterocycles. The highest BCUT2D eigenvalue weighted by Crippen LogP contribution is 2.11. The van der Waals surface area contributed by atoms with Gasteiger partial charge in [-0.2, -0.15) is 0 Å². The second kappa shape index (κ2) is 6.80. The van der Waals surface area contributed by atoms with Crippen LogP contribution in [0.15, 0.2) is 0 Å². The minimum Gasteiger partial charge on any atom is -0.468 e. The van der Waals surface area contributed by atoms with Gasteiger partial charge in [0.1, 0.15) is 6.04 Å². The van der Waals surface area contributed by atoms with E-state index in [1.54, 1.807) is 0 Å². The number of unbranched alkanes of at least 4 members (excludes halogenated alkanes) is 1. The molecule has 1 heterocycles. The number of nitrogens with zero attached hydrogens (tertiary/aromatic N) is 1. The number of rotatable bonds is 5. The summed E-state index contributed by atoms with van der Waals surface area (Å²) in [6.07, 6.45) is 3.13. The smallest absolute Gasteiger partial charge is 0.323 e. The third-order valence-electron chi connectivity index (χ3n) is 2.90. The van der Waals surface area contributed by atoms with Crippen LogP contribution in [0.3, 0.4) is 0 Å². The second-order valence-electron chi connectivity index (χ2n) is 3.97. The summed E-state index contributed by atoms with van der Waals surface area (Å²) in [6, 6.07) is -0.0305. The molecule has 0 bridgehead atoms. The van der Waals surface area contributed by atoms with E-state index in [0.717, 1.165) is 45.4 Å². The van der Waals surface area contributed by atoms with Crippen molar-refractivity contribution in [3.8, 4) is 0 Å². The Morgan fingerprint density at radius 3 is 2.67 bits per heavy atom. The lowest BCUT2D eigenvalue weighted by Gasteiger charge is -2.33. The van der Waals surface area contributed by atoms with E-state index in [-0.39, 0.29) is 12.0 Å². The highest BCUT2D eigenvalue weighted by Gasteiger charge is 2.26. The quantitative estimate of drug-likeness (QED) is 0.681. The molecule has 1 saturated heterocycles. The lowest BCUT2D eigenvalue weighted by molar-refractivity contribution is -0.147. The largest absolute Gasteiger partial charge is 0.468 e. The van der Waals surface area contributed by atoms with Crippen molar-refractivity contribution in [2.45, 2.75) is 32.2 Å². The molecule has 1 atom stereocenters. The maximum Gasteiger partial charge on any atom is 0.323 e. The van der Waals surface area contributed by atoms with Gasteiger partial charge in [-0.3, -0.25) is 9.69 Å². The molecule has 88 valence electrons. The van der Waals surface area contributed by atoms with E-state index in [1.807, 2.05) is 0 Å². The van der Waals surface area contributed by atoms with Gasteiger partial charge in [0.15, 0.2) is 0 Å². The molecule has 0 aliphatic carbocycles. The van der Waals surface area contributed by atoms with E-state index < -0.39 is 0 Å². The predicted molar refractivity (Wildman–Crippen MR) is 59.8 cm³/mol. The number of hydrogen-bond acceptors (Lipinski definition) is 4. The minimum absolute atomic E-state index is 0.0305. The van der Waals surface area contributed by atoms with Crippen LogP contribution in [0, 0.1) is 0 Å². The summed E-state index contributed by atoms with van der Waals surface area (Å²) in [4.78, 5) is 13.9. The molecule has 1 aliphatic rings. The fourth-order valence-electron chi connectivity index (χ4n) is 1.98. The van der Waals surface area contributed by atoms with Crippen LogP contribution in [0.1, 0.15) is 26.2 Å². The number of piperazine rings is 1. The zero-order chi connectivity index (χ0) is 11.1. The Morgan fingerprint density at radius 1 is 1.47 bits per heavy atom. The van der Waals surface area contributed by atoms with Gasteiger partial charge in [-0.05, 0) is 6.42 Å². The van der Waals surface area contributed by atoms with Crippen molar-refractivity contribution in [2.24, 2.45) is 0 Å². The Kier molecular flexibility index (Phi) is 5.65. The zero-order valence-electron chi connectivity index (χ0n) is 9.79. The first-order valence-corrected chi connectivity index (χ1v) is 5.82. The van der Waals surface area contributed by atoms with Gasteiger partial charge in [0.25, 0.3) is 0 Å². The van der Waals surface area contributed by atoms with E-state index in [2.05, 4.69) is 17.1 Å². The predicted octanol–water partition coefficient (Wildman–Crippen LogP) is 0.623. The van der Waals surface area contributed by atoms with Gasteiger partial charge >= 0.3 is 5.97 Å². The topological polar surface area (TPSA) is 41.6 Å². The van der Waals surface area contributed by atoms with Gasteiger partial charge in [-0.15, -0.1) is 0 Å². The molecular formula is C11H22N2O2. The van der Waals surface area contributed by atoms with E-state index >= 15 is 0 Å². The molecule has 0 aromatic rings. The first-order chi connectivity index (χ1) is 7.29. The molecule has 4 heteroatoms. The highest BCUT2D eigenvalue weighted by atomic mass is 16.5. The number of carbonyl (C=O) groups is 1. The monoisotopic (exact) mass is 214 g/mol. The van der Waals surface area contributed by atoms with Crippen LogP contribution in [-0.4, -0.2) is 50.2 Å². The molecular weight excluding hydrogens is 192 g/mol. The molecule has 1 N–H and O–H groups in total. The van der Waals surface area contributed by atoms with E-state index in [0.29, 0.717) is 0 Å². The normalized spacial score (nSPS) is 19.9. The van der Waals surface area contributed by atoms with Gasteiger partial charge in [-0.1, -0.05) is 19.8 Å². The Balaban J connectivity index is 2.49. The number of ether oxygens (including phenoxy) is 1. The Bertz CT molecular complexity index is 191.